The Hall–Kier alpha value is -0.870. The molecule has 1 saturated heterocycles. The van der Waals surface area contributed by atoms with E-state index in [9.17, 15) is 0 Å². The zero-order chi connectivity index (χ0) is 10.3. The van der Waals surface area contributed by atoms with Crippen molar-refractivity contribution in [1.82, 2.24) is 14.9 Å². The van der Waals surface area contributed by atoms with Gasteiger partial charge in [0.15, 0.2) is 0 Å². The minimum absolute atomic E-state index is 0.514. The van der Waals surface area contributed by atoms with Crippen LogP contribution in [-0.4, -0.2) is 29.3 Å². The molecule has 0 bridgehead atoms. The van der Waals surface area contributed by atoms with E-state index in [1.165, 1.54) is 17.2 Å². The highest BCUT2D eigenvalue weighted by Crippen LogP contribution is 2.26. The fourth-order valence-electron chi connectivity index (χ4n) is 2.58. The van der Waals surface area contributed by atoms with Crippen LogP contribution in [0.4, 0.5) is 0 Å². The first-order chi connectivity index (χ1) is 7.36. The van der Waals surface area contributed by atoms with Crippen molar-refractivity contribution in [2.24, 2.45) is 7.05 Å². The summed E-state index contributed by atoms with van der Waals surface area (Å²) in [6, 6.07) is 0. The van der Waals surface area contributed by atoms with Gasteiger partial charge in [0.05, 0.1) is 12.3 Å². The van der Waals surface area contributed by atoms with E-state index in [0.29, 0.717) is 5.92 Å². The second-order valence-electron chi connectivity index (χ2n) is 4.41. The van der Waals surface area contributed by atoms with Crippen LogP contribution in [0, 0.1) is 0 Å². The Bertz CT molecular complexity index is 366. The zero-order valence-corrected chi connectivity index (χ0v) is 9.12. The van der Waals surface area contributed by atoms with Gasteiger partial charge in [-0.3, -0.25) is 0 Å². The summed E-state index contributed by atoms with van der Waals surface area (Å²) < 4.78 is 7.72. The highest BCUT2D eigenvalue weighted by atomic mass is 16.5. The van der Waals surface area contributed by atoms with Crippen molar-refractivity contribution >= 4 is 0 Å². The Labute approximate surface area is 89.6 Å². The number of hydrogen-bond acceptors (Lipinski definition) is 3. The Morgan fingerprint density at radius 1 is 1.53 bits per heavy atom. The summed E-state index contributed by atoms with van der Waals surface area (Å²) in [6.07, 6.45) is 2.23. The third kappa shape index (κ3) is 1.48. The molecule has 1 aromatic heterocycles. The largest absolute Gasteiger partial charge is 0.381 e. The van der Waals surface area contributed by atoms with Gasteiger partial charge < -0.3 is 14.6 Å². The maximum Gasteiger partial charge on any atom is 0.114 e. The molecule has 3 rings (SSSR count). The topological polar surface area (TPSA) is 39.1 Å². The van der Waals surface area contributed by atoms with E-state index in [1.807, 2.05) is 0 Å². The molecule has 0 aliphatic carbocycles. The minimum atomic E-state index is 0.514. The molecule has 1 N–H and O–H groups in total. The third-order valence-electron chi connectivity index (χ3n) is 3.46. The SMILES string of the molecule is Cn1c(C2CCOC2)nc2c1CCNC2. The van der Waals surface area contributed by atoms with Crippen LogP contribution in [0.15, 0.2) is 0 Å². The van der Waals surface area contributed by atoms with Crippen molar-refractivity contribution < 1.29 is 4.74 Å². The fraction of sp³-hybridized carbons (Fsp3) is 0.727. The Kier molecular flexibility index (Phi) is 2.25. The lowest BCUT2D eigenvalue weighted by Crippen LogP contribution is -2.24. The van der Waals surface area contributed by atoms with Gasteiger partial charge in [0.25, 0.3) is 0 Å². The predicted molar refractivity (Wildman–Crippen MR) is 56.8 cm³/mol. The Morgan fingerprint density at radius 2 is 2.47 bits per heavy atom. The van der Waals surface area contributed by atoms with E-state index < -0.39 is 0 Å². The smallest absolute Gasteiger partial charge is 0.114 e. The van der Waals surface area contributed by atoms with Crippen molar-refractivity contribution in [3.63, 3.8) is 0 Å². The van der Waals surface area contributed by atoms with Crippen LogP contribution < -0.4 is 5.32 Å². The number of aromatic nitrogens is 2. The first-order valence-electron chi connectivity index (χ1n) is 5.69. The molecule has 15 heavy (non-hydrogen) atoms. The quantitative estimate of drug-likeness (QED) is 0.731. The van der Waals surface area contributed by atoms with Gasteiger partial charge in [0.1, 0.15) is 5.82 Å². The molecule has 0 radical (unpaired) electrons. The molecule has 1 fully saturated rings. The van der Waals surface area contributed by atoms with Crippen LogP contribution in [0.2, 0.25) is 0 Å². The number of fused-ring (bicyclic) bond motifs is 1. The number of nitrogens with zero attached hydrogens (tertiary/aromatic N) is 2. The highest BCUT2D eigenvalue weighted by molar-refractivity contribution is 5.22. The molecule has 1 aromatic rings. The standard InChI is InChI=1S/C11H17N3O/c1-14-10-2-4-12-6-9(10)13-11(14)8-3-5-15-7-8/h8,12H,2-7H2,1H3. The lowest BCUT2D eigenvalue weighted by atomic mass is 10.1. The minimum Gasteiger partial charge on any atom is -0.381 e. The number of rotatable bonds is 1. The van der Waals surface area contributed by atoms with Crippen molar-refractivity contribution in [2.45, 2.75) is 25.3 Å². The van der Waals surface area contributed by atoms with Gasteiger partial charge in [-0.05, 0) is 6.42 Å². The van der Waals surface area contributed by atoms with E-state index in [4.69, 9.17) is 9.72 Å². The predicted octanol–water partition coefficient (Wildman–Crippen LogP) is 0.570. The second-order valence-corrected chi connectivity index (χ2v) is 4.41. The molecule has 2 aliphatic heterocycles. The summed E-state index contributed by atoms with van der Waals surface area (Å²) in [5.74, 6) is 1.74. The van der Waals surface area contributed by atoms with Crippen LogP contribution in [0.25, 0.3) is 0 Å². The van der Waals surface area contributed by atoms with Crippen LogP contribution in [0.5, 0.6) is 0 Å². The summed E-state index contributed by atoms with van der Waals surface area (Å²) in [5.41, 5.74) is 2.65. The fourth-order valence-corrected chi connectivity index (χ4v) is 2.58. The zero-order valence-electron chi connectivity index (χ0n) is 9.12. The van der Waals surface area contributed by atoms with Gasteiger partial charge in [-0.15, -0.1) is 0 Å². The molecule has 0 saturated carbocycles. The first kappa shape index (κ1) is 9.36. The average Bonchev–Trinajstić information content (AvgIpc) is 2.87. The Morgan fingerprint density at radius 3 is 3.20 bits per heavy atom. The Balaban J connectivity index is 1.97. The van der Waals surface area contributed by atoms with Gasteiger partial charge in [-0.2, -0.15) is 0 Å². The second kappa shape index (κ2) is 3.61. The molecular formula is C11H17N3O. The monoisotopic (exact) mass is 207 g/mol. The van der Waals surface area contributed by atoms with E-state index >= 15 is 0 Å². The van der Waals surface area contributed by atoms with Gasteiger partial charge in [0, 0.05) is 44.8 Å². The van der Waals surface area contributed by atoms with Gasteiger partial charge in [0.2, 0.25) is 0 Å². The first-order valence-corrected chi connectivity index (χ1v) is 5.69. The van der Waals surface area contributed by atoms with E-state index in [1.54, 1.807) is 0 Å². The lowest BCUT2D eigenvalue weighted by Gasteiger charge is -2.13. The van der Waals surface area contributed by atoms with Gasteiger partial charge in [-0.25, -0.2) is 4.98 Å². The number of nitrogens with one attached hydrogen (secondary N) is 1. The third-order valence-corrected chi connectivity index (χ3v) is 3.46. The van der Waals surface area contributed by atoms with Crippen molar-refractivity contribution in [2.75, 3.05) is 19.8 Å². The van der Waals surface area contributed by atoms with Gasteiger partial charge in [-0.1, -0.05) is 0 Å². The van der Waals surface area contributed by atoms with Crippen LogP contribution in [0.3, 0.4) is 0 Å². The average molecular weight is 207 g/mol. The summed E-state index contributed by atoms with van der Waals surface area (Å²) in [7, 11) is 2.14. The number of imidazole rings is 1. The normalized spacial score (nSPS) is 25.5. The van der Waals surface area contributed by atoms with Crippen molar-refractivity contribution in [3.8, 4) is 0 Å². The molecule has 0 spiro atoms. The van der Waals surface area contributed by atoms with Crippen molar-refractivity contribution in [1.29, 1.82) is 0 Å². The maximum atomic E-state index is 5.43. The van der Waals surface area contributed by atoms with E-state index in [0.717, 1.165) is 39.1 Å². The molecule has 0 aromatic carbocycles. The molecular weight excluding hydrogens is 190 g/mol. The van der Waals surface area contributed by atoms with Crippen LogP contribution in [-0.2, 0) is 24.8 Å². The lowest BCUT2D eigenvalue weighted by molar-refractivity contribution is 0.193. The molecule has 4 nitrogen and oxygen atoms in total. The maximum absolute atomic E-state index is 5.43. The number of hydrogen-bond donors (Lipinski definition) is 1. The molecule has 1 atom stereocenters. The summed E-state index contributed by atoms with van der Waals surface area (Å²) >= 11 is 0. The molecule has 2 aliphatic rings. The summed E-state index contributed by atoms with van der Waals surface area (Å²) in [5, 5.41) is 3.36. The highest BCUT2D eigenvalue weighted by Gasteiger charge is 2.25. The molecule has 0 amide bonds. The van der Waals surface area contributed by atoms with Crippen LogP contribution in [0.1, 0.15) is 29.6 Å². The molecule has 82 valence electrons. The van der Waals surface area contributed by atoms with Gasteiger partial charge >= 0.3 is 0 Å². The molecule has 3 heterocycles. The summed E-state index contributed by atoms with van der Waals surface area (Å²) in [6.45, 7) is 3.74. The molecule has 4 heteroatoms. The van der Waals surface area contributed by atoms with E-state index in [-0.39, 0.29) is 0 Å². The van der Waals surface area contributed by atoms with E-state index in [2.05, 4.69) is 16.9 Å². The summed E-state index contributed by atoms with van der Waals surface area (Å²) in [4.78, 5) is 4.75. The van der Waals surface area contributed by atoms with Crippen LogP contribution >= 0.6 is 0 Å². The van der Waals surface area contributed by atoms with Crippen molar-refractivity contribution in [3.05, 3.63) is 17.2 Å². The molecule has 1 unspecified atom stereocenters. The number of ether oxygens (including phenoxy) is 1.